The first-order valence-corrected chi connectivity index (χ1v) is 5.88. The molecule has 15 heavy (non-hydrogen) atoms. The van der Waals surface area contributed by atoms with Crippen LogP contribution in [0.4, 0.5) is 13.2 Å². The number of rotatable bonds is 3. The van der Waals surface area contributed by atoms with Crippen molar-refractivity contribution in [1.29, 1.82) is 0 Å². The largest absolute Gasteiger partial charge is 0.523 e. The molecule has 0 radical (unpaired) electrons. The van der Waals surface area contributed by atoms with Gasteiger partial charge in [-0.05, 0) is 17.7 Å². The molecule has 0 aliphatic rings. The molecule has 0 N–H and O–H groups in total. The zero-order chi connectivity index (χ0) is 11.5. The monoisotopic (exact) mass is 350 g/mol. The molecule has 84 valence electrons. The fourth-order valence-corrected chi connectivity index (χ4v) is 1.84. The normalized spacial score (nSPS) is 13.9. The van der Waals surface area contributed by atoms with Gasteiger partial charge in [0.1, 0.15) is 6.10 Å². The molecule has 0 aliphatic carbocycles. The molecule has 1 aromatic rings. The van der Waals surface area contributed by atoms with Gasteiger partial charge in [0.05, 0.1) is 0 Å². The molecule has 1 aromatic carbocycles. The number of alkyl halides is 4. The molecule has 0 saturated heterocycles. The van der Waals surface area contributed by atoms with Crippen LogP contribution in [0, 0.1) is 0 Å². The number of benzene rings is 1. The zero-order valence-corrected chi connectivity index (χ0v) is 10.3. The van der Waals surface area contributed by atoms with Gasteiger partial charge in [0, 0.05) is 9.45 Å². The Bertz CT molecular complexity index is 312. The highest BCUT2D eigenvalue weighted by atomic mass is 127. The van der Waals surface area contributed by atoms with Crippen LogP contribution in [0.3, 0.4) is 0 Å². The molecule has 0 saturated carbocycles. The Morgan fingerprint density at radius 2 is 1.80 bits per heavy atom. The van der Waals surface area contributed by atoms with Crippen LogP contribution >= 0.6 is 34.2 Å². The van der Waals surface area contributed by atoms with Gasteiger partial charge in [-0.25, -0.2) is 0 Å². The summed E-state index contributed by atoms with van der Waals surface area (Å²) in [6.45, 7) is 0. The molecule has 0 fully saturated rings. The van der Waals surface area contributed by atoms with Crippen molar-refractivity contribution >= 4 is 34.2 Å². The topological polar surface area (TPSA) is 9.23 Å². The van der Waals surface area contributed by atoms with Crippen LogP contribution in [0.5, 0.6) is 0 Å². The molecule has 6 heteroatoms. The van der Waals surface area contributed by atoms with Crippen LogP contribution in [0.2, 0.25) is 5.02 Å². The molecular weight excluding hydrogens is 343 g/mol. The minimum Gasteiger partial charge on any atom is -0.283 e. The van der Waals surface area contributed by atoms with E-state index in [1.807, 2.05) is 22.6 Å². The maximum absolute atomic E-state index is 12.0. The van der Waals surface area contributed by atoms with Crippen LogP contribution in [-0.2, 0) is 4.74 Å². The summed E-state index contributed by atoms with van der Waals surface area (Å²) in [5.41, 5.74) is 0.464. The molecule has 0 aromatic heterocycles. The van der Waals surface area contributed by atoms with E-state index in [4.69, 9.17) is 11.6 Å². The maximum atomic E-state index is 12.0. The summed E-state index contributed by atoms with van der Waals surface area (Å²) >= 11 is 7.47. The molecule has 0 spiro atoms. The van der Waals surface area contributed by atoms with Gasteiger partial charge in [0.2, 0.25) is 0 Å². The van der Waals surface area contributed by atoms with E-state index in [-0.39, 0.29) is 4.43 Å². The van der Waals surface area contributed by atoms with Gasteiger partial charge in [0.25, 0.3) is 0 Å². The smallest absolute Gasteiger partial charge is 0.283 e. The van der Waals surface area contributed by atoms with Crippen LogP contribution in [0.25, 0.3) is 0 Å². The van der Waals surface area contributed by atoms with Gasteiger partial charge in [-0.1, -0.05) is 46.3 Å². The van der Waals surface area contributed by atoms with E-state index in [1.165, 1.54) is 24.3 Å². The Balaban J connectivity index is 2.79. The van der Waals surface area contributed by atoms with E-state index in [9.17, 15) is 13.2 Å². The van der Waals surface area contributed by atoms with E-state index >= 15 is 0 Å². The summed E-state index contributed by atoms with van der Waals surface area (Å²) in [7, 11) is 0. The first-order chi connectivity index (χ1) is 6.92. The number of halogens is 5. The van der Waals surface area contributed by atoms with E-state index in [2.05, 4.69) is 4.74 Å². The third-order valence-corrected chi connectivity index (χ3v) is 2.71. The quantitative estimate of drug-likeness (QED) is 0.582. The van der Waals surface area contributed by atoms with Gasteiger partial charge < -0.3 is 0 Å². The number of hydrogen-bond acceptors (Lipinski definition) is 1. The van der Waals surface area contributed by atoms with Crippen molar-refractivity contribution in [2.24, 2.45) is 0 Å². The average Bonchev–Trinajstić information content (AvgIpc) is 2.14. The minimum absolute atomic E-state index is 0.221. The summed E-state index contributed by atoms with van der Waals surface area (Å²) in [6, 6.07) is 6.13. The molecular formula is C9H7ClF3IO. The van der Waals surface area contributed by atoms with Crippen LogP contribution in [0.1, 0.15) is 11.7 Å². The van der Waals surface area contributed by atoms with E-state index < -0.39 is 12.5 Å². The second-order valence-corrected chi connectivity index (χ2v) is 4.08. The maximum Gasteiger partial charge on any atom is 0.523 e. The molecule has 0 amide bonds. The molecule has 0 bridgehead atoms. The van der Waals surface area contributed by atoms with Gasteiger partial charge in [-0.2, -0.15) is 0 Å². The highest BCUT2D eigenvalue weighted by Crippen LogP contribution is 2.29. The highest BCUT2D eigenvalue weighted by molar-refractivity contribution is 14.1. The Labute approximate surface area is 104 Å². The minimum atomic E-state index is -4.62. The molecule has 0 heterocycles. The molecule has 0 aliphatic heterocycles. The molecule has 1 unspecified atom stereocenters. The van der Waals surface area contributed by atoms with E-state index in [0.717, 1.165) is 0 Å². The average molecular weight is 351 g/mol. The SMILES string of the molecule is FC(F)(F)OC(CI)c1ccc(Cl)cc1. The van der Waals surface area contributed by atoms with Crippen molar-refractivity contribution < 1.29 is 17.9 Å². The van der Waals surface area contributed by atoms with Crippen LogP contribution < -0.4 is 0 Å². The predicted molar refractivity (Wildman–Crippen MR) is 60.2 cm³/mol. The van der Waals surface area contributed by atoms with Crippen molar-refractivity contribution in [3.63, 3.8) is 0 Å². The second kappa shape index (κ2) is 5.36. The molecule has 1 nitrogen and oxygen atoms in total. The van der Waals surface area contributed by atoms with Crippen molar-refractivity contribution in [2.75, 3.05) is 4.43 Å². The van der Waals surface area contributed by atoms with Crippen molar-refractivity contribution in [3.8, 4) is 0 Å². The Hall–Kier alpha value is -0.0100. The lowest BCUT2D eigenvalue weighted by Gasteiger charge is -2.17. The van der Waals surface area contributed by atoms with Gasteiger partial charge in [0.15, 0.2) is 0 Å². The summed E-state index contributed by atoms with van der Waals surface area (Å²) in [4.78, 5) is 0. The first kappa shape index (κ1) is 13.1. The summed E-state index contributed by atoms with van der Waals surface area (Å²) in [6.07, 6.45) is -5.60. The Morgan fingerprint density at radius 3 is 2.20 bits per heavy atom. The fourth-order valence-electron chi connectivity index (χ4n) is 1.03. The Morgan fingerprint density at radius 1 is 1.27 bits per heavy atom. The summed E-state index contributed by atoms with van der Waals surface area (Å²) in [5.74, 6) is 0. The van der Waals surface area contributed by atoms with Crippen molar-refractivity contribution in [1.82, 2.24) is 0 Å². The van der Waals surface area contributed by atoms with E-state index in [0.29, 0.717) is 10.6 Å². The van der Waals surface area contributed by atoms with E-state index in [1.54, 1.807) is 0 Å². The predicted octanol–water partition coefficient (Wildman–Crippen LogP) is 4.35. The van der Waals surface area contributed by atoms with Crippen molar-refractivity contribution in [2.45, 2.75) is 12.5 Å². The van der Waals surface area contributed by atoms with Crippen LogP contribution in [-0.4, -0.2) is 10.8 Å². The third kappa shape index (κ3) is 4.56. The Kier molecular flexibility index (Phi) is 4.66. The van der Waals surface area contributed by atoms with Crippen LogP contribution in [0.15, 0.2) is 24.3 Å². The first-order valence-electron chi connectivity index (χ1n) is 3.98. The summed E-state index contributed by atoms with van der Waals surface area (Å²) < 4.78 is 40.2. The molecule has 1 atom stereocenters. The highest BCUT2D eigenvalue weighted by Gasteiger charge is 2.33. The fraction of sp³-hybridized carbons (Fsp3) is 0.333. The number of ether oxygens (including phenoxy) is 1. The number of hydrogen-bond donors (Lipinski definition) is 0. The standard InChI is InChI=1S/C9H7ClF3IO/c10-7-3-1-6(2-4-7)8(5-14)15-9(11,12)13/h1-4,8H,5H2. The van der Waals surface area contributed by atoms with Gasteiger partial charge in [-0.15, -0.1) is 13.2 Å². The molecule has 1 rings (SSSR count). The van der Waals surface area contributed by atoms with Gasteiger partial charge >= 0.3 is 6.36 Å². The lowest BCUT2D eigenvalue weighted by Crippen LogP contribution is -2.19. The zero-order valence-electron chi connectivity index (χ0n) is 7.39. The van der Waals surface area contributed by atoms with Crippen molar-refractivity contribution in [3.05, 3.63) is 34.9 Å². The lowest BCUT2D eigenvalue weighted by molar-refractivity contribution is -0.341. The second-order valence-electron chi connectivity index (χ2n) is 2.76. The van der Waals surface area contributed by atoms with Gasteiger partial charge in [-0.3, -0.25) is 4.74 Å². The lowest BCUT2D eigenvalue weighted by atomic mass is 10.1. The third-order valence-electron chi connectivity index (χ3n) is 1.66. The summed E-state index contributed by atoms with van der Waals surface area (Å²) in [5, 5.41) is 0.484.